The van der Waals surface area contributed by atoms with Crippen LogP contribution in [0.15, 0.2) is 18.2 Å². The maximum atomic E-state index is 12.6. The first-order valence-electron chi connectivity index (χ1n) is 7.66. The average Bonchev–Trinajstić information content (AvgIpc) is 3.00. The Morgan fingerprint density at radius 3 is 2.75 bits per heavy atom. The molecular weight excluding hydrogens is 248 g/mol. The van der Waals surface area contributed by atoms with Crippen LogP contribution in [0, 0.1) is 24.7 Å². The first-order chi connectivity index (χ1) is 9.54. The number of hydrogen-bond acceptors (Lipinski definition) is 2. The molecule has 2 saturated carbocycles. The van der Waals surface area contributed by atoms with Crippen LogP contribution < -0.4 is 5.73 Å². The average molecular weight is 272 g/mol. The molecule has 3 atom stereocenters. The normalized spacial score (nSPS) is 27.8. The molecule has 2 fully saturated rings. The largest absolute Gasteiger partial charge is 0.399 e. The van der Waals surface area contributed by atoms with Gasteiger partial charge in [0, 0.05) is 24.8 Å². The highest BCUT2D eigenvalue weighted by Gasteiger charge is 2.40. The fourth-order valence-corrected chi connectivity index (χ4v) is 4.17. The van der Waals surface area contributed by atoms with Crippen molar-refractivity contribution in [3.63, 3.8) is 0 Å². The third-order valence-electron chi connectivity index (χ3n) is 5.22. The molecule has 2 aliphatic rings. The van der Waals surface area contributed by atoms with Gasteiger partial charge >= 0.3 is 0 Å². The van der Waals surface area contributed by atoms with Crippen LogP contribution in [0.25, 0.3) is 0 Å². The van der Waals surface area contributed by atoms with Crippen molar-refractivity contribution in [3.05, 3.63) is 29.3 Å². The number of nitrogens with two attached hydrogens (primary N) is 1. The van der Waals surface area contributed by atoms with Crippen molar-refractivity contribution in [3.8, 4) is 0 Å². The lowest BCUT2D eigenvalue weighted by molar-refractivity contribution is 0.0753. The van der Waals surface area contributed by atoms with Crippen LogP contribution in [0.4, 0.5) is 5.69 Å². The Labute approximate surface area is 121 Å². The number of rotatable bonds is 3. The lowest BCUT2D eigenvalue weighted by Crippen LogP contribution is -2.34. The van der Waals surface area contributed by atoms with Crippen molar-refractivity contribution in [2.24, 2.45) is 17.8 Å². The molecule has 3 unspecified atom stereocenters. The van der Waals surface area contributed by atoms with Gasteiger partial charge in [0.1, 0.15) is 0 Å². The topological polar surface area (TPSA) is 46.3 Å². The van der Waals surface area contributed by atoms with Crippen molar-refractivity contribution in [1.29, 1.82) is 0 Å². The Morgan fingerprint density at radius 1 is 1.35 bits per heavy atom. The highest BCUT2D eigenvalue weighted by atomic mass is 16.2. The summed E-state index contributed by atoms with van der Waals surface area (Å²) in [6.07, 6.45) is 5.50. The second-order valence-corrected chi connectivity index (χ2v) is 6.69. The Morgan fingerprint density at radius 2 is 2.15 bits per heavy atom. The summed E-state index contributed by atoms with van der Waals surface area (Å²) in [7, 11) is 1.93. The number of nitrogen functional groups attached to an aromatic ring is 1. The number of carbonyl (C=O) groups is 1. The van der Waals surface area contributed by atoms with E-state index in [0.29, 0.717) is 0 Å². The molecule has 2 aliphatic carbocycles. The van der Waals surface area contributed by atoms with E-state index in [2.05, 4.69) is 0 Å². The standard InChI is InChI=1S/C17H24N2O/c1-11-7-15(18)5-6-16(11)17(20)19(2)10-14-9-12-3-4-13(14)8-12/h5-7,12-14H,3-4,8-10,18H2,1-2H3. The van der Waals surface area contributed by atoms with Gasteiger partial charge in [-0.3, -0.25) is 4.79 Å². The van der Waals surface area contributed by atoms with Crippen molar-refractivity contribution < 1.29 is 4.79 Å². The number of benzene rings is 1. The van der Waals surface area contributed by atoms with E-state index in [4.69, 9.17) is 5.73 Å². The van der Waals surface area contributed by atoms with Crippen LogP contribution in [0.2, 0.25) is 0 Å². The van der Waals surface area contributed by atoms with Gasteiger partial charge in [-0.05, 0) is 67.7 Å². The van der Waals surface area contributed by atoms with Crippen LogP contribution in [0.5, 0.6) is 0 Å². The molecule has 0 radical (unpaired) electrons. The molecule has 1 aromatic rings. The molecule has 2 bridgehead atoms. The van der Waals surface area contributed by atoms with Crippen LogP contribution in [-0.2, 0) is 0 Å². The smallest absolute Gasteiger partial charge is 0.253 e. The number of carbonyl (C=O) groups excluding carboxylic acids is 1. The quantitative estimate of drug-likeness (QED) is 0.859. The third-order valence-corrected chi connectivity index (χ3v) is 5.22. The van der Waals surface area contributed by atoms with E-state index in [9.17, 15) is 4.79 Å². The van der Waals surface area contributed by atoms with Crippen LogP contribution >= 0.6 is 0 Å². The highest BCUT2D eigenvalue weighted by Crippen LogP contribution is 2.48. The van der Waals surface area contributed by atoms with Crippen molar-refractivity contribution in [2.75, 3.05) is 19.3 Å². The predicted molar refractivity (Wildman–Crippen MR) is 81.5 cm³/mol. The van der Waals surface area contributed by atoms with Crippen LogP contribution in [-0.4, -0.2) is 24.4 Å². The highest BCUT2D eigenvalue weighted by molar-refractivity contribution is 5.95. The summed E-state index contributed by atoms with van der Waals surface area (Å²) in [5.41, 5.74) is 8.22. The summed E-state index contributed by atoms with van der Waals surface area (Å²) in [5.74, 6) is 2.65. The van der Waals surface area contributed by atoms with Gasteiger partial charge in [0.2, 0.25) is 0 Å². The molecule has 1 amide bonds. The number of fused-ring (bicyclic) bond motifs is 2. The van der Waals surface area contributed by atoms with Gasteiger partial charge in [0.25, 0.3) is 5.91 Å². The van der Waals surface area contributed by atoms with Crippen molar-refractivity contribution >= 4 is 11.6 Å². The number of nitrogens with zero attached hydrogens (tertiary/aromatic N) is 1. The Balaban J connectivity index is 1.67. The molecule has 3 rings (SSSR count). The van der Waals surface area contributed by atoms with E-state index >= 15 is 0 Å². The second kappa shape index (κ2) is 5.12. The van der Waals surface area contributed by atoms with Gasteiger partial charge < -0.3 is 10.6 Å². The van der Waals surface area contributed by atoms with Gasteiger partial charge in [0.05, 0.1) is 0 Å². The van der Waals surface area contributed by atoms with Gasteiger partial charge in [-0.15, -0.1) is 0 Å². The molecule has 3 nitrogen and oxygen atoms in total. The molecule has 108 valence electrons. The third kappa shape index (κ3) is 2.41. The first-order valence-corrected chi connectivity index (χ1v) is 7.66. The van der Waals surface area contributed by atoms with E-state index in [1.807, 2.05) is 37.1 Å². The summed E-state index contributed by atoms with van der Waals surface area (Å²) >= 11 is 0. The zero-order valence-corrected chi connectivity index (χ0v) is 12.4. The maximum Gasteiger partial charge on any atom is 0.253 e. The van der Waals surface area contributed by atoms with E-state index in [1.54, 1.807) is 0 Å². The van der Waals surface area contributed by atoms with Gasteiger partial charge in [-0.2, -0.15) is 0 Å². The molecule has 0 aliphatic heterocycles. The van der Waals surface area contributed by atoms with E-state index in [1.165, 1.54) is 25.7 Å². The molecular formula is C17H24N2O. The Bertz CT molecular complexity index is 526. The Hall–Kier alpha value is -1.51. The molecule has 0 spiro atoms. The molecule has 20 heavy (non-hydrogen) atoms. The summed E-state index contributed by atoms with van der Waals surface area (Å²) < 4.78 is 0. The predicted octanol–water partition coefficient (Wildman–Crippen LogP) is 3.09. The summed E-state index contributed by atoms with van der Waals surface area (Å²) in [6, 6.07) is 5.54. The van der Waals surface area contributed by atoms with E-state index in [-0.39, 0.29) is 5.91 Å². The van der Waals surface area contributed by atoms with Crippen LogP contribution in [0.1, 0.15) is 41.6 Å². The van der Waals surface area contributed by atoms with Crippen molar-refractivity contribution in [2.45, 2.75) is 32.6 Å². The van der Waals surface area contributed by atoms with E-state index in [0.717, 1.165) is 41.1 Å². The molecule has 2 N–H and O–H groups in total. The molecule has 0 heterocycles. The number of amides is 1. The Kier molecular flexibility index (Phi) is 3.45. The molecule has 0 saturated heterocycles. The van der Waals surface area contributed by atoms with Crippen LogP contribution in [0.3, 0.4) is 0 Å². The molecule has 1 aromatic carbocycles. The van der Waals surface area contributed by atoms with Gasteiger partial charge in [-0.25, -0.2) is 0 Å². The fourth-order valence-electron chi connectivity index (χ4n) is 4.17. The minimum atomic E-state index is 0.130. The minimum absolute atomic E-state index is 0.130. The maximum absolute atomic E-state index is 12.6. The number of anilines is 1. The monoisotopic (exact) mass is 272 g/mol. The molecule has 0 aromatic heterocycles. The van der Waals surface area contributed by atoms with E-state index < -0.39 is 0 Å². The zero-order valence-electron chi connectivity index (χ0n) is 12.4. The zero-order chi connectivity index (χ0) is 14.3. The lowest BCUT2D eigenvalue weighted by Gasteiger charge is -2.27. The van der Waals surface area contributed by atoms with Gasteiger partial charge in [0.15, 0.2) is 0 Å². The number of aryl methyl sites for hydroxylation is 1. The fraction of sp³-hybridized carbons (Fsp3) is 0.588. The second-order valence-electron chi connectivity index (χ2n) is 6.69. The van der Waals surface area contributed by atoms with Crippen molar-refractivity contribution in [1.82, 2.24) is 4.90 Å². The van der Waals surface area contributed by atoms with Gasteiger partial charge in [-0.1, -0.05) is 6.42 Å². The summed E-state index contributed by atoms with van der Waals surface area (Å²) in [5, 5.41) is 0. The summed E-state index contributed by atoms with van der Waals surface area (Å²) in [4.78, 5) is 14.5. The first kappa shape index (κ1) is 13.5. The summed E-state index contributed by atoms with van der Waals surface area (Å²) in [6.45, 7) is 2.86. The SMILES string of the molecule is Cc1cc(N)ccc1C(=O)N(C)CC1CC2CCC1C2. The lowest BCUT2D eigenvalue weighted by atomic mass is 9.88. The minimum Gasteiger partial charge on any atom is -0.399 e. The number of hydrogen-bond donors (Lipinski definition) is 1. The molecule has 3 heteroatoms.